The molecule has 12 nitrogen and oxygen atoms in total. The van der Waals surface area contributed by atoms with Crippen LogP contribution in [0, 0.1) is 0 Å². The van der Waals surface area contributed by atoms with Crippen molar-refractivity contribution in [2.24, 2.45) is 0 Å². The molecule has 1 atom stereocenters. The fourth-order valence-corrected chi connectivity index (χ4v) is 6.13. The third-order valence-electron chi connectivity index (χ3n) is 6.69. The second-order valence-corrected chi connectivity index (χ2v) is 13.2. The Labute approximate surface area is 238 Å². The number of anilines is 3. The van der Waals surface area contributed by atoms with E-state index in [1.165, 1.54) is 42.5 Å². The number of hydrogen-bond donors (Lipinski definition) is 6. The number of carbonyl (C=O) groups is 1. The van der Waals surface area contributed by atoms with Gasteiger partial charge in [0.15, 0.2) is 0 Å². The fourth-order valence-electron chi connectivity index (χ4n) is 4.51. The predicted molar refractivity (Wildman–Crippen MR) is 155 cm³/mol. The highest BCUT2D eigenvalue weighted by Gasteiger charge is 2.21. The zero-order chi connectivity index (χ0) is 29.8. The van der Waals surface area contributed by atoms with E-state index in [4.69, 9.17) is 5.11 Å². The second kappa shape index (κ2) is 12.3. The van der Waals surface area contributed by atoms with Gasteiger partial charge in [0.05, 0.1) is 28.5 Å². The smallest absolute Gasteiger partial charge is 0.335 e. The van der Waals surface area contributed by atoms with Crippen LogP contribution in [-0.2, 0) is 20.0 Å². The van der Waals surface area contributed by atoms with Crippen molar-refractivity contribution in [1.82, 2.24) is 5.32 Å². The molecule has 3 aromatic carbocycles. The Morgan fingerprint density at radius 1 is 0.951 bits per heavy atom. The number of hydrogen-bond acceptors (Lipinski definition) is 9. The van der Waals surface area contributed by atoms with Crippen molar-refractivity contribution in [2.75, 3.05) is 40.2 Å². The molecule has 0 spiro atoms. The first-order valence-corrected chi connectivity index (χ1v) is 16.1. The lowest BCUT2D eigenvalue weighted by atomic mass is 10.0. The van der Waals surface area contributed by atoms with E-state index in [-0.39, 0.29) is 34.5 Å². The monoisotopic (exact) mass is 604 g/mol. The summed E-state index contributed by atoms with van der Waals surface area (Å²) in [4.78, 5) is 13.1. The number of phenolic OH excluding ortho intramolecular Hbond substituents is 1. The average molecular weight is 605 g/mol. The van der Waals surface area contributed by atoms with E-state index in [0.717, 1.165) is 37.9 Å². The van der Waals surface area contributed by atoms with Crippen LogP contribution >= 0.6 is 0 Å². The molecule has 220 valence electrons. The summed E-state index contributed by atoms with van der Waals surface area (Å²) in [5.41, 5.74) is 1.79. The van der Waals surface area contributed by atoms with Crippen LogP contribution in [-0.4, -0.2) is 70.1 Å². The SMILES string of the molecule is CS(=O)(=O)Nc1cc([C@H](O)CNC2CCN(c3ccc(NS(=O)(=O)c4ccc(C(=O)O)cc4)cc3)CC2)ccc1O. The Bertz CT molecular complexity index is 1590. The molecular formula is C27H32N4O8S2. The lowest BCUT2D eigenvalue weighted by molar-refractivity contribution is 0.0696. The van der Waals surface area contributed by atoms with Crippen molar-refractivity contribution in [2.45, 2.75) is 29.9 Å². The molecule has 3 aromatic rings. The van der Waals surface area contributed by atoms with Crippen LogP contribution in [0.15, 0.2) is 71.6 Å². The molecule has 0 amide bonds. The van der Waals surface area contributed by atoms with Crippen LogP contribution in [0.3, 0.4) is 0 Å². The van der Waals surface area contributed by atoms with Gasteiger partial charge in [-0.2, -0.15) is 0 Å². The third-order valence-corrected chi connectivity index (χ3v) is 8.68. The standard InChI is InChI=1S/C27H32N4O8S2/c1-40(36,37)30-24-16-19(4-11-25(24)32)26(33)17-28-20-12-14-31(15-13-20)22-7-5-21(6-8-22)29-41(38,39)23-9-2-18(3-10-23)27(34)35/h2-11,16,20,26,28-30,32-33H,12-15,17H2,1H3,(H,34,35)/t26-/m1/s1. The minimum atomic E-state index is -3.87. The van der Waals surface area contributed by atoms with Gasteiger partial charge in [-0.3, -0.25) is 9.44 Å². The molecule has 6 N–H and O–H groups in total. The van der Waals surface area contributed by atoms with Crippen LogP contribution < -0.4 is 19.7 Å². The van der Waals surface area contributed by atoms with Crippen molar-refractivity contribution in [1.29, 1.82) is 0 Å². The number of nitrogens with one attached hydrogen (secondary N) is 3. The van der Waals surface area contributed by atoms with E-state index in [0.29, 0.717) is 11.3 Å². The molecule has 0 aliphatic carbocycles. The van der Waals surface area contributed by atoms with E-state index in [2.05, 4.69) is 19.7 Å². The highest BCUT2D eigenvalue weighted by Crippen LogP contribution is 2.28. The summed E-state index contributed by atoms with van der Waals surface area (Å²) in [6.45, 7) is 1.74. The quantitative estimate of drug-likeness (QED) is 0.178. The molecule has 1 heterocycles. The molecule has 0 saturated carbocycles. The molecule has 1 fully saturated rings. The van der Waals surface area contributed by atoms with Crippen molar-refractivity contribution < 1.29 is 36.9 Å². The number of rotatable bonds is 11. The number of nitrogens with zero attached hydrogens (tertiary/aromatic N) is 1. The van der Waals surface area contributed by atoms with Crippen LogP contribution in [0.5, 0.6) is 5.75 Å². The summed E-state index contributed by atoms with van der Waals surface area (Å²) in [7, 11) is -7.46. The summed E-state index contributed by atoms with van der Waals surface area (Å²) in [5.74, 6) is -1.37. The molecule has 14 heteroatoms. The number of benzene rings is 3. The minimum absolute atomic E-state index is 0.00105. The third kappa shape index (κ3) is 8.10. The first kappa shape index (κ1) is 30.1. The summed E-state index contributed by atoms with van der Waals surface area (Å²) >= 11 is 0. The van der Waals surface area contributed by atoms with Gasteiger partial charge in [0.1, 0.15) is 5.75 Å². The van der Waals surface area contributed by atoms with Crippen LogP contribution in [0.25, 0.3) is 0 Å². The number of aromatic hydroxyl groups is 1. The van der Waals surface area contributed by atoms with Crippen molar-refractivity contribution in [3.63, 3.8) is 0 Å². The van der Waals surface area contributed by atoms with E-state index in [1.54, 1.807) is 12.1 Å². The zero-order valence-electron chi connectivity index (χ0n) is 22.2. The lowest BCUT2D eigenvalue weighted by Gasteiger charge is -2.34. The molecule has 41 heavy (non-hydrogen) atoms. The highest BCUT2D eigenvalue weighted by atomic mass is 32.2. The van der Waals surface area contributed by atoms with Gasteiger partial charge in [-0.1, -0.05) is 6.07 Å². The average Bonchev–Trinajstić information content (AvgIpc) is 2.93. The Kier molecular flexibility index (Phi) is 9.07. The van der Waals surface area contributed by atoms with Crippen molar-refractivity contribution >= 4 is 43.1 Å². The molecule has 0 bridgehead atoms. The van der Waals surface area contributed by atoms with E-state index in [9.17, 15) is 31.8 Å². The highest BCUT2D eigenvalue weighted by molar-refractivity contribution is 7.92. The molecule has 1 aliphatic heterocycles. The Morgan fingerprint density at radius 3 is 2.17 bits per heavy atom. The number of aliphatic hydroxyl groups is 1. The molecule has 0 unspecified atom stereocenters. The Balaban J connectivity index is 1.27. The van der Waals surface area contributed by atoms with Crippen LogP contribution in [0.1, 0.15) is 34.9 Å². The van der Waals surface area contributed by atoms with Gasteiger partial charge in [0.2, 0.25) is 10.0 Å². The topological polar surface area (TPSA) is 185 Å². The molecule has 0 radical (unpaired) electrons. The lowest BCUT2D eigenvalue weighted by Crippen LogP contribution is -2.43. The van der Waals surface area contributed by atoms with Gasteiger partial charge >= 0.3 is 5.97 Å². The zero-order valence-corrected chi connectivity index (χ0v) is 23.8. The number of aromatic carboxylic acids is 1. The largest absolute Gasteiger partial charge is 0.506 e. The molecule has 1 saturated heterocycles. The molecule has 4 rings (SSSR count). The van der Waals surface area contributed by atoms with E-state index >= 15 is 0 Å². The van der Waals surface area contributed by atoms with Gasteiger partial charge in [-0.05, 0) is 79.1 Å². The van der Waals surface area contributed by atoms with E-state index in [1.807, 2.05) is 12.1 Å². The number of carboxylic acid groups (broad SMARTS) is 1. The van der Waals surface area contributed by atoms with Gasteiger partial charge < -0.3 is 25.5 Å². The second-order valence-electron chi connectivity index (χ2n) is 9.82. The van der Waals surface area contributed by atoms with Gasteiger partial charge in [0, 0.05) is 37.1 Å². The van der Waals surface area contributed by atoms with Crippen LogP contribution in [0.2, 0.25) is 0 Å². The first-order valence-electron chi connectivity index (χ1n) is 12.7. The maximum atomic E-state index is 12.7. The number of phenols is 1. The number of aliphatic hydroxyl groups excluding tert-OH is 1. The van der Waals surface area contributed by atoms with Gasteiger partial charge in [-0.15, -0.1) is 0 Å². The Morgan fingerprint density at radius 2 is 1.59 bits per heavy atom. The number of piperidine rings is 1. The van der Waals surface area contributed by atoms with Crippen molar-refractivity contribution in [3.05, 3.63) is 77.9 Å². The minimum Gasteiger partial charge on any atom is -0.506 e. The fraction of sp³-hybridized carbons (Fsp3) is 0.296. The summed E-state index contributed by atoms with van der Waals surface area (Å²) in [6.07, 6.45) is 1.69. The normalized spacial score (nSPS) is 15.3. The first-order chi connectivity index (χ1) is 19.3. The maximum absolute atomic E-state index is 12.7. The van der Waals surface area contributed by atoms with Crippen molar-refractivity contribution in [3.8, 4) is 5.75 Å². The molecule has 1 aliphatic rings. The maximum Gasteiger partial charge on any atom is 0.335 e. The number of sulfonamides is 2. The van der Waals surface area contributed by atoms with Crippen LogP contribution in [0.4, 0.5) is 17.1 Å². The Hall–Kier alpha value is -3.85. The molecule has 0 aromatic heterocycles. The van der Waals surface area contributed by atoms with E-state index < -0.39 is 32.1 Å². The predicted octanol–water partition coefficient (Wildman–Crippen LogP) is 2.55. The summed E-state index contributed by atoms with van der Waals surface area (Å²) < 4.78 is 53.1. The number of carboxylic acids is 1. The summed E-state index contributed by atoms with van der Waals surface area (Å²) in [5, 5.41) is 32.8. The summed E-state index contributed by atoms with van der Waals surface area (Å²) in [6, 6.07) is 16.4. The van der Waals surface area contributed by atoms with Gasteiger partial charge in [-0.25, -0.2) is 21.6 Å². The van der Waals surface area contributed by atoms with Gasteiger partial charge in [0.25, 0.3) is 10.0 Å². The molecular weight excluding hydrogens is 572 g/mol.